The minimum absolute atomic E-state index is 0.580. The van der Waals surface area contributed by atoms with Crippen LogP contribution in [0, 0.1) is 11.3 Å². The summed E-state index contributed by atoms with van der Waals surface area (Å²) in [7, 11) is 0. The maximum atomic E-state index is 8.44. The SMILES string of the molecule is N=C(C1CCCCC1)N1CCN2CCCC2C1. The fourth-order valence-corrected chi connectivity index (χ4v) is 3.84. The van der Waals surface area contributed by atoms with Gasteiger partial charge in [-0.2, -0.15) is 0 Å². The summed E-state index contributed by atoms with van der Waals surface area (Å²) in [6, 6.07) is 0.757. The molecule has 0 aromatic heterocycles. The second kappa shape index (κ2) is 4.97. The van der Waals surface area contributed by atoms with E-state index in [2.05, 4.69) is 9.80 Å². The fourth-order valence-electron chi connectivity index (χ4n) is 3.84. The van der Waals surface area contributed by atoms with E-state index in [4.69, 9.17) is 5.41 Å². The van der Waals surface area contributed by atoms with Gasteiger partial charge in [0.1, 0.15) is 0 Å². The number of fused-ring (bicyclic) bond motifs is 1. The molecule has 2 heterocycles. The summed E-state index contributed by atoms with van der Waals surface area (Å²) in [5.41, 5.74) is 0. The normalized spacial score (nSPS) is 31.5. The Bertz CT molecular complexity index is 283. The van der Waals surface area contributed by atoms with Crippen LogP contribution in [0.25, 0.3) is 0 Å². The summed E-state index contributed by atoms with van der Waals surface area (Å²) in [5, 5.41) is 8.44. The van der Waals surface area contributed by atoms with E-state index >= 15 is 0 Å². The summed E-state index contributed by atoms with van der Waals surface area (Å²) in [5.74, 6) is 1.55. The monoisotopic (exact) mass is 235 g/mol. The van der Waals surface area contributed by atoms with E-state index in [1.807, 2.05) is 0 Å². The van der Waals surface area contributed by atoms with Crippen LogP contribution in [0.15, 0.2) is 0 Å². The molecular weight excluding hydrogens is 210 g/mol. The van der Waals surface area contributed by atoms with Crippen LogP contribution < -0.4 is 0 Å². The van der Waals surface area contributed by atoms with Crippen molar-refractivity contribution in [3.05, 3.63) is 0 Å². The van der Waals surface area contributed by atoms with Gasteiger partial charge < -0.3 is 4.90 Å². The van der Waals surface area contributed by atoms with Gasteiger partial charge in [0.2, 0.25) is 0 Å². The highest BCUT2D eigenvalue weighted by atomic mass is 15.3. The maximum absolute atomic E-state index is 8.44. The number of nitrogens with one attached hydrogen (secondary N) is 1. The first-order chi connectivity index (χ1) is 8.34. The van der Waals surface area contributed by atoms with Gasteiger partial charge in [-0.1, -0.05) is 19.3 Å². The van der Waals surface area contributed by atoms with Gasteiger partial charge in [0.05, 0.1) is 5.84 Å². The molecule has 3 rings (SSSR count). The average Bonchev–Trinajstić information content (AvgIpc) is 2.86. The minimum Gasteiger partial charge on any atom is -0.357 e. The van der Waals surface area contributed by atoms with Gasteiger partial charge in [0.25, 0.3) is 0 Å². The van der Waals surface area contributed by atoms with Crippen molar-refractivity contribution >= 4 is 5.84 Å². The van der Waals surface area contributed by atoms with Crippen LogP contribution in [0.3, 0.4) is 0 Å². The van der Waals surface area contributed by atoms with Gasteiger partial charge in [-0.25, -0.2) is 0 Å². The summed E-state index contributed by atoms with van der Waals surface area (Å²) in [6.45, 7) is 4.73. The van der Waals surface area contributed by atoms with Crippen LogP contribution in [-0.2, 0) is 0 Å². The van der Waals surface area contributed by atoms with Gasteiger partial charge >= 0.3 is 0 Å². The molecule has 2 saturated heterocycles. The predicted octanol–water partition coefficient (Wildman–Crippen LogP) is 2.32. The lowest BCUT2D eigenvalue weighted by Crippen LogP contribution is -2.53. The molecule has 0 amide bonds. The van der Waals surface area contributed by atoms with Crippen LogP contribution >= 0.6 is 0 Å². The quantitative estimate of drug-likeness (QED) is 0.558. The van der Waals surface area contributed by atoms with Crippen LogP contribution in [-0.4, -0.2) is 47.9 Å². The predicted molar refractivity (Wildman–Crippen MR) is 70.5 cm³/mol. The zero-order valence-electron chi connectivity index (χ0n) is 10.8. The Kier molecular flexibility index (Phi) is 3.37. The van der Waals surface area contributed by atoms with Crippen molar-refractivity contribution in [2.24, 2.45) is 5.92 Å². The van der Waals surface area contributed by atoms with Gasteiger partial charge in [0, 0.05) is 31.6 Å². The van der Waals surface area contributed by atoms with E-state index in [0.29, 0.717) is 5.92 Å². The zero-order chi connectivity index (χ0) is 11.7. The number of piperazine rings is 1. The Morgan fingerprint density at radius 1 is 0.882 bits per heavy atom. The van der Waals surface area contributed by atoms with E-state index < -0.39 is 0 Å². The van der Waals surface area contributed by atoms with Crippen LogP contribution in [0.5, 0.6) is 0 Å². The highest BCUT2D eigenvalue weighted by Crippen LogP contribution is 2.28. The molecular formula is C14H25N3. The molecule has 0 spiro atoms. The minimum atomic E-state index is 0.580. The molecule has 1 N–H and O–H groups in total. The molecule has 1 unspecified atom stereocenters. The van der Waals surface area contributed by atoms with Crippen molar-refractivity contribution < 1.29 is 0 Å². The molecule has 3 nitrogen and oxygen atoms in total. The number of hydrogen-bond acceptors (Lipinski definition) is 2. The van der Waals surface area contributed by atoms with Crippen molar-refractivity contribution in [1.29, 1.82) is 5.41 Å². The Morgan fingerprint density at radius 3 is 2.53 bits per heavy atom. The Hall–Kier alpha value is -0.570. The molecule has 2 aliphatic heterocycles. The molecule has 3 fully saturated rings. The Balaban J connectivity index is 1.58. The number of amidine groups is 1. The van der Waals surface area contributed by atoms with E-state index in [1.54, 1.807) is 0 Å². The summed E-state index contributed by atoms with van der Waals surface area (Å²) in [6.07, 6.45) is 9.34. The standard InChI is InChI=1S/C14H25N3/c15-14(12-5-2-1-3-6-12)17-10-9-16-8-4-7-13(16)11-17/h12-13,15H,1-11H2. The van der Waals surface area contributed by atoms with E-state index in [1.165, 1.54) is 58.0 Å². The van der Waals surface area contributed by atoms with Gasteiger partial charge in [-0.05, 0) is 32.2 Å². The fraction of sp³-hybridized carbons (Fsp3) is 0.929. The Labute approximate surface area is 105 Å². The van der Waals surface area contributed by atoms with Crippen molar-refractivity contribution in [3.63, 3.8) is 0 Å². The summed E-state index contributed by atoms with van der Waals surface area (Å²) < 4.78 is 0. The van der Waals surface area contributed by atoms with Gasteiger partial charge in [0.15, 0.2) is 0 Å². The van der Waals surface area contributed by atoms with Crippen molar-refractivity contribution in [2.45, 2.75) is 51.0 Å². The van der Waals surface area contributed by atoms with Crippen LogP contribution in [0.2, 0.25) is 0 Å². The van der Waals surface area contributed by atoms with E-state index in [-0.39, 0.29) is 0 Å². The smallest absolute Gasteiger partial charge is 0.0990 e. The molecule has 1 aliphatic carbocycles. The van der Waals surface area contributed by atoms with Crippen LogP contribution in [0.1, 0.15) is 44.9 Å². The third-order valence-corrected chi connectivity index (χ3v) is 4.92. The van der Waals surface area contributed by atoms with Gasteiger partial charge in [-0.15, -0.1) is 0 Å². The van der Waals surface area contributed by atoms with E-state index in [0.717, 1.165) is 25.0 Å². The summed E-state index contributed by atoms with van der Waals surface area (Å²) >= 11 is 0. The highest BCUT2D eigenvalue weighted by Gasteiger charge is 2.33. The van der Waals surface area contributed by atoms with Gasteiger partial charge in [-0.3, -0.25) is 10.3 Å². The first-order valence-electron chi connectivity index (χ1n) is 7.42. The zero-order valence-corrected chi connectivity index (χ0v) is 10.8. The lowest BCUT2D eigenvalue weighted by molar-refractivity contribution is 0.145. The van der Waals surface area contributed by atoms with E-state index in [9.17, 15) is 0 Å². The number of rotatable bonds is 1. The molecule has 17 heavy (non-hydrogen) atoms. The molecule has 0 aromatic rings. The molecule has 1 saturated carbocycles. The first-order valence-corrected chi connectivity index (χ1v) is 7.42. The Morgan fingerprint density at radius 2 is 1.71 bits per heavy atom. The lowest BCUT2D eigenvalue weighted by atomic mass is 9.87. The lowest BCUT2D eigenvalue weighted by Gasteiger charge is -2.41. The van der Waals surface area contributed by atoms with Crippen LogP contribution in [0.4, 0.5) is 0 Å². The molecule has 3 aliphatic rings. The third kappa shape index (κ3) is 2.35. The molecule has 0 aromatic carbocycles. The topological polar surface area (TPSA) is 30.3 Å². The third-order valence-electron chi connectivity index (χ3n) is 4.92. The second-order valence-corrected chi connectivity index (χ2v) is 6.00. The average molecular weight is 235 g/mol. The highest BCUT2D eigenvalue weighted by molar-refractivity contribution is 5.81. The number of hydrogen-bond donors (Lipinski definition) is 1. The van der Waals surface area contributed by atoms with Crippen molar-refractivity contribution in [1.82, 2.24) is 9.80 Å². The second-order valence-electron chi connectivity index (χ2n) is 6.00. The largest absolute Gasteiger partial charge is 0.357 e. The van der Waals surface area contributed by atoms with Crippen molar-refractivity contribution in [2.75, 3.05) is 26.2 Å². The molecule has 0 radical (unpaired) electrons. The summed E-state index contributed by atoms with van der Waals surface area (Å²) in [4.78, 5) is 5.02. The maximum Gasteiger partial charge on any atom is 0.0990 e. The molecule has 96 valence electrons. The number of nitrogens with zero attached hydrogens (tertiary/aromatic N) is 2. The molecule has 0 bridgehead atoms. The first kappa shape index (κ1) is 11.5. The molecule has 3 heteroatoms. The van der Waals surface area contributed by atoms with Crippen molar-refractivity contribution in [3.8, 4) is 0 Å². The molecule has 1 atom stereocenters.